The van der Waals surface area contributed by atoms with Crippen molar-refractivity contribution in [2.45, 2.75) is 36.2 Å². The lowest BCUT2D eigenvalue weighted by Crippen LogP contribution is -2.55. The number of amides is 2. The van der Waals surface area contributed by atoms with E-state index >= 15 is 0 Å². The number of rotatable bonds is 4. The first kappa shape index (κ1) is 25.5. The van der Waals surface area contributed by atoms with E-state index in [-0.39, 0.29) is 34.2 Å². The van der Waals surface area contributed by atoms with E-state index in [1.165, 1.54) is 13.2 Å². The summed E-state index contributed by atoms with van der Waals surface area (Å²) in [5.74, 6) is 0.554. The highest BCUT2D eigenvalue weighted by atomic mass is 32.2. The van der Waals surface area contributed by atoms with Crippen LogP contribution in [0.5, 0.6) is 0 Å². The summed E-state index contributed by atoms with van der Waals surface area (Å²) in [6, 6.07) is 21.9. The van der Waals surface area contributed by atoms with E-state index in [4.69, 9.17) is 0 Å². The van der Waals surface area contributed by atoms with Gasteiger partial charge in [-0.15, -0.1) is 11.8 Å². The van der Waals surface area contributed by atoms with Gasteiger partial charge in [-0.3, -0.25) is 14.9 Å². The van der Waals surface area contributed by atoms with Gasteiger partial charge >= 0.3 is 0 Å². The molecule has 0 radical (unpaired) electrons. The molecule has 192 valence electrons. The van der Waals surface area contributed by atoms with Crippen molar-refractivity contribution < 1.29 is 18.0 Å². The number of fused-ring (bicyclic) bond motifs is 1. The molecule has 2 amide bonds. The average Bonchev–Trinajstić information content (AvgIpc) is 3.38. The summed E-state index contributed by atoms with van der Waals surface area (Å²) in [5.41, 5.74) is 4.18. The quantitative estimate of drug-likeness (QED) is 0.538. The Morgan fingerprint density at radius 1 is 0.946 bits per heavy atom. The lowest BCUT2D eigenvalue weighted by Gasteiger charge is -2.41. The molecule has 1 saturated heterocycles. The summed E-state index contributed by atoms with van der Waals surface area (Å²) in [4.78, 5) is 30.2. The fraction of sp³-hybridized carbons (Fsp3) is 0.286. The van der Waals surface area contributed by atoms with Crippen molar-refractivity contribution in [1.82, 2.24) is 5.32 Å². The number of nitrogens with zero attached hydrogens (tertiary/aromatic N) is 2. The molecule has 0 bridgehead atoms. The Hall–Kier alpha value is -3.14. The van der Waals surface area contributed by atoms with Gasteiger partial charge in [0.1, 0.15) is 0 Å². The largest absolute Gasteiger partial charge is 0.307 e. The number of carbonyl (C=O) groups is 2. The number of anilines is 2. The van der Waals surface area contributed by atoms with Gasteiger partial charge in [-0.05, 0) is 47.9 Å². The molecule has 3 aromatic carbocycles. The van der Waals surface area contributed by atoms with Crippen LogP contribution in [0.15, 0.2) is 77.7 Å². The van der Waals surface area contributed by atoms with Crippen LogP contribution in [0.3, 0.4) is 0 Å². The molecule has 0 aliphatic carbocycles. The number of hydrogen-bond donors (Lipinski definition) is 1. The smallest absolute Gasteiger partial charge is 0.245 e. The summed E-state index contributed by atoms with van der Waals surface area (Å²) < 4.78 is 23.7. The second-order valence-corrected chi connectivity index (χ2v) is 12.7. The molecular formula is C28H29N3O4S2. The molecule has 1 fully saturated rings. The maximum absolute atomic E-state index is 13.8. The Morgan fingerprint density at radius 2 is 1.62 bits per heavy atom. The van der Waals surface area contributed by atoms with Gasteiger partial charge in [0, 0.05) is 25.5 Å². The predicted octanol–water partition coefficient (Wildman–Crippen LogP) is 4.25. The maximum atomic E-state index is 13.8. The van der Waals surface area contributed by atoms with E-state index in [0.29, 0.717) is 23.7 Å². The van der Waals surface area contributed by atoms with Crippen LogP contribution in [-0.4, -0.2) is 50.9 Å². The molecule has 9 heteroatoms. The molecule has 0 spiro atoms. The lowest BCUT2D eigenvalue weighted by molar-refractivity contribution is -0.121. The maximum Gasteiger partial charge on any atom is 0.245 e. The normalized spacial score (nSPS) is 21.5. The van der Waals surface area contributed by atoms with E-state index in [1.807, 2.05) is 43.3 Å². The minimum atomic E-state index is -3.30. The van der Waals surface area contributed by atoms with E-state index in [9.17, 15) is 18.0 Å². The first-order valence-electron chi connectivity index (χ1n) is 12.1. The Bertz CT molecular complexity index is 1440. The zero-order valence-electron chi connectivity index (χ0n) is 20.9. The molecule has 1 N–H and O–H groups in total. The van der Waals surface area contributed by atoms with Gasteiger partial charge in [0.25, 0.3) is 0 Å². The third kappa shape index (κ3) is 5.03. The van der Waals surface area contributed by atoms with E-state index in [2.05, 4.69) is 17.4 Å². The zero-order chi connectivity index (χ0) is 26.3. The van der Waals surface area contributed by atoms with Gasteiger partial charge in [-0.2, -0.15) is 0 Å². The van der Waals surface area contributed by atoms with Gasteiger partial charge < -0.3 is 9.80 Å². The molecule has 3 atom stereocenters. The van der Waals surface area contributed by atoms with Crippen LogP contribution in [0, 0.1) is 0 Å². The highest BCUT2D eigenvalue weighted by Gasteiger charge is 2.39. The van der Waals surface area contributed by atoms with Crippen molar-refractivity contribution in [3.63, 3.8) is 0 Å². The van der Waals surface area contributed by atoms with Gasteiger partial charge in [0.2, 0.25) is 11.8 Å². The van der Waals surface area contributed by atoms with Gasteiger partial charge in [-0.25, -0.2) is 8.42 Å². The molecule has 37 heavy (non-hydrogen) atoms. The second kappa shape index (κ2) is 9.96. The molecule has 5 rings (SSSR count). The minimum absolute atomic E-state index is 0.0215. The minimum Gasteiger partial charge on any atom is -0.307 e. The number of sulfone groups is 1. The predicted molar refractivity (Wildman–Crippen MR) is 149 cm³/mol. The summed E-state index contributed by atoms with van der Waals surface area (Å²) in [6.45, 7) is 3.88. The summed E-state index contributed by atoms with van der Waals surface area (Å²) in [7, 11) is -3.30. The van der Waals surface area contributed by atoms with E-state index in [0.717, 1.165) is 16.7 Å². The fourth-order valence-electron chi connectivity index (χ4n) is 5.01. The second-order valence-electron chi connectivity index (χ2n) is 9.53. The van der Waals surface area contributed by atoms with Crippen LogP contribution in [0.1, 0.15) is 24.8 Å². The van der Waals surface area contributed by atoms with Crippen molar-refractivity contribution in [3.8, 4) is 11.1 Å². The van der Waals surface area contributed by atoms with Crippen molar-refractivity contribution in [1.29, 1.82) is 0 Å². The SMILES string of the molecule is CC(=O)N1c2ccc(-c3ccc(S(C)(=O)=O)cc3)cc2N(C(=O)C2CSC(c3ccccc3)N2)CC1C. The van der Waals surface area contributed by atoms with Crippen molar-refractivity contribution in [3.05, 3.63) is 78.4 Å². The molecular weight excluding hydrogens is 506 g/mol. The highest BCUT2D eigenvalue weighted by molar-refractivity contribution is 7.99. The third-order valence-electron chi connectivity index (χ3n) is 6.82. The Balaban J connectivity index is 1.49. The average molecular weight is 536 g/mol. The molecule has 0 aromatic heterocycles. The molecule has 7 nitrogen and oxygen atoms in total. The number of hydrogen-bond acceptors (Lipinski definition) is 6. The molecule has 2 aliphatic rings. The summed E-state index contributed by atoms with van der Waals surface area (Å²) in [6.07, 6.45) is 1.18. The Labute approximate surface area is 221 Å². The van der Waals surface area contributed by atoms with Crippen LogP contribution in [0.4, 0.5) is 11.4 Å². The topological polar surface area (TPSA) is 86.8 Å². The van der Waals surface area contributed by atoms with E-state index < -0.39 is 9.84 Å². The van der Waals surface area contributed by atoms with Gasteiger partial charge in [-0.1, -0.05) is 48.5 Å². The molecule has 2 heterocycles. The van der Waals surface area contributed by atoms with Crippen LogP contribution < -0.4 is 15.1 Å². The number of nitrogens with one attached hydrogen (secondary N) is 1. The van der Waals surface area contributed by atoms with Crippen LogP contribution in [0.25, 0.3) is 11.1 Å². The first-order chi connectivity index (χ1) is 17.6. The molecule has 0 saturated carbocycles. The standard InChI is InChI=1S/C28H29N3O4S2/c1-18-16-30(28(33)24-17-36-27(29-24)21-7-5-4-6-8-21)26-15-22(11-14-25(26)31(18)19(2)32)20-9-12-23(13-10-20)37(3,34)35/h4-15,18,24,27,29H,16-17H2,1-3H3. The lowest BCUT2D eigenvalue weighted by atomic mass is 10.00. The van der Waals surface area contributed by atoms with Gasteiger partial charge in [0.05, 0.1) is 33.7 Å². The third-order valence-corrected chi connectivity index (χ3v) is 9.21. The van der Waals surface area contributed by atoms with Crippen LogP contribution in [-0.2, 0) is 19.4 Å². The number of carbonyl (C=O) groups excluding carboxylic acids is 2. The van der Waals surface area contributed by atoms with Gasteiger partial charge in [0.15, 0.2) is 9.84 Å². The Morgan fingerprint density at radius 3 is 2.27 bits per heavy atom. The molecule has 2 aliphatic heterocycles. The fourth-order valence-corrected chi connectivity index (χ4v) is 6.87. The van der Waals surface area contributed by atoms with Crippen LogP contribution in [0.2, 0.25) is 0 Å². The summed E-state index contributed by atoms with van der Waals surface area (Å²) >= 11 is 1.71. The molecule has 3 aromatic rings. The highest BCUT2D eigenvalue weighted by Crippen LogP contribution is 2.40. The first-order valence-corrected chi connectivity index (χ1v) is 15.1. The number of thioether (sulfide) groups is 1. The van der Waals surface area contributed by atoms with Crippen molar-refractivity contribution in [2.24, 2.45) is 0 Å². The van der Waals surface area contributed by atoms with Crippen molar-refractivity contribution in [2.75, 3.05) is 28.4 Å². The monoisotopic (exact) mass is 535 g/mol. The van der Waals surface area contributed by atoms with Crippen molar-refractivity contribution >= 4 is 44.8 Å². The molecule has 3 unspecified atom stereocenters. The zero-order valence-corrected chi connectivity index (χ0v) is 22.6. The van der Waals surface area contributed by atoms with E-state index in [1.54, 1.807) is 45.8 Å². The summed E-state index contributed by atoms with van der Waals surface area (Å²) in [5, 5.41) is 3.53. The van der Waals surface area contributed by atoms with Crippen LogP contribution >= 0.6 is 11.8 Å². The number of benzene rings is 3. The Kier molecular flexibility index (Phi) is 6.87.